The molecule has 2 N–H and O–H groups in total. The van der Waals surface area contributed by atoms with Gasteiger partial charge in [-0.25, -0.2) is 18.7 Å². The zero-order valence-corrected chi connectivity index (χ0v) is 17.8. The SMILES string of the molecule is [2H]C([2H])([2H])N(C(=O)C1C(O)C(O)C(=O)N1c1cc(C(F)(F)F)c2ncsc2n1)c1cc(Cl)c(F)cc1F. The van der Waals surface area contributed by atoms with E-state index in [1.165, 1.54) is 0 Å². The summed E-state index contributed by atoms with van der Waals surface area (Å²) in [6.45, 7) is -3.53. The summed E-state index contributed by atoms with van der Waals surface area (Å²) in [6, 6.07) is -1.41. The molecule has 1 aliphatic rings. The van der Waals surface area contributed by atoms with Crippen molar-refractivity contribution in [3.8, 4) is 0 Å². The van der Waals surface area contributed by atoms with Crippen LogP contribution in [0.2, 0.25) is 5.02 Å². The number of likely N-dealkylation sites (N-methyl/N-ethyl adjacent to an activating group) is 1. The molecule has 1 saturated heterocycles. The summed E-state index contributed by atoms with van der Waals surface area (Å²) < 4.78 is 92.4. The second-order valence-electron chi connectivity index (χ2n) is 7.01. The van der Waals surface area contributed by atoms with Gasteiger partial charge in [-0.05, 0) is 12.1 Å². The van der Waals surface area contributed by atoms with Gasteiger partial charge in [0.15, 0.2) is 6.10 Å². The lowest BCUT2D eigenvalue weighted by molar-refractivity contribution is -0.136. The third-order valence-corrected chi connectivity index (χ3v) is 5.97. The maximum Gasteiger partial charge on any atom is 0.418 e. The van der Waals surface area contributed by atoms with Crippen molar-refractivity contribution < 1.29 is 45.9 Å². The minimum Gasteiger partial charge on any atom is -0.387 e. The first kappa shape index (κ1) is 20.4. The van der Waals surface area contributed by atoms with E-state index in [1.807, 2.05) is 0 Å². The van der Waals surface area contributed by atoms with Crippen molar-refractivity contribution in [1.29, 1.82) is 0 Å². The van der Waals surface area contributed by atoms with Gasteiger partial charge < -0.3 is 15.1 Å². The lowest BCUT2D eigenvalue weighted by atomic mass is 10.1. The second kappa shape index (κ2) is 8.37. The molecule has 8 nitrogen and oxygen atoms in total. The van der Waals surface area contributed by atoms with Crippen LogP contribution in [0.4, 0.5) is 33.5 Å². The minimum absolute atomic E-state index is 0.182. The molecule has 0 bridgehead atoms. The summed E-state index contributed by atoms with van der Waals surface area (Å²) in [5, 5.41) is 19.8. The van der Waals surface area contributed by atoms with Crippen molar-refractivity contribution in [3.63, 3.8) is 0 Å². The fourth-order valence-corrected chi connectivity index (χ4v) is 4.21. The average molecular weight is 526 g/mol. The van der Waals surface area contributed by atoms with Crippen molar-refractivity contribution >= 4 is 56.6 Å². The summed E-state index contributed by atoms with van der Waals surface area (Å²) in [6.07, 6.45) is -9.78. The van der Waals surface area contributed by atoms with Crippen molar-refractivity contribution in [2.24, 2.45) is 0 Å². The smallest absolute Gasteiger partial charge is 0.387 e. The largest absolute Gasteiger partial charge is 0.418 e. The zero-order chi connectivity index (χ0) is 27.6. The number of hydrogen-bond donors (Lipinski definition) is 2. The van der Waals surface area contributed by atoms with Crippen molar-refractivity contribution in [1.82, 2.24) is 9.97 Å². The number of alkyl halides is 3. The molecule has 1 aliphatic heterocycles. The molecule has 3 atom stereocenters. The fourth-order valence-electron chi connectivity index (χ4n) is 3.37. The van der Waals surface area contributed by atoms with Gasteiger partial charge in [0, 0.05) is 17.2 Å². The molecule has 0 saturated carbocycles. The number of benzene rings is 1. The number of hydrogen-bond acceptors (Lipinski definition) is 7. The summed E-state index contributed by atoms with van der Waals surface area (Å²) in [7, 11) is 0. The normalized spacial score (nSPS) is 22.6. The van der Waals surface area contributed by atoms with Gasteiger partial charge in [-0.2, -0.15) is 13.2 Å². The van der Waals surface area contributed by atoms with Crippen LogP contribution in [-0.4, -0.2) is 57.2 Å². The predicted octanol–water partition coefficient (Wildman–Crippen LogP) is 2.74. The number of aromatic nitrogens is 2. The highest BCUT2D eigenvalue weighted by Gasteiger charge is 2.53. The summed E-state index contributed by atoms with van der Waals surface area (Å²) in [4.78, 5) is 33.3. The number of fused-ring (bicyclic) bond motifs is 1. The van der Waals surface area contributed by atoms with Gasteiger partial charge in [-0.3, -0.25) is 14.5 Å². The van der Waals surface area contributed by atoms with E-state index in [-0.39, 0.29) is 20.7 Å². The van der Waals surface area contributed by atoms with E-state index in [9.17, 15) is 41.8 Å². The van der Waals surface area contributed by atoms with Crippen LogP contribution in [0, 0.1) is 11.6 Å². The molecule has 3 unspecified atom stereocenters. The van der Waals surface area contributed by atoms with E-state index in [2.05, 4.69) is 9.97 Å². The molecule has 0 spiro atoms. The number of halogens is 6. The molecule has 0 aliphatic carbocycles. The number of anilines is 2. The molecule has 0 radical (unpaired) electrons. The van der Waals surface area contributed by atoms with Gasteiger partial charge >= 0.3 is 6.18 Å². The quantitative estimate of drug-likeness (QED) is 0.402. The number of aliphatic hydroxyl groups excluding tert-OH is 2. The van der Waals surface area contributed by atoms with Gasteiger partial charge in [0.1, 0.15) is 39.9 Å². The monoisotopic (exact) mass is 525 g/mol. The Morgan fingerprint density at radius 3 is 2.62 bits per heavy atom. The van der Waals surface area contributed by atoms with Crippen molar-refractivity contribution in [3.05, 3.63) is 45.9 Å². The van der Waals surface area contributed by atoms with Crippen LogP contribution in [0.3, 0.4) is 0 Å². The number of carbonyl (C=O) groups is 2. The summed E-state index contributed by atoms with van der Waals surface area (Å²) in [5.74, 6) is -6.97. The van der Waals surface area contributed by atoms with Crippen LogP contribution in [0.1, 0.15) is 9.68 Å². The van der Waals surface area contributed by atoms with E-state index in [0.29, 0.717) is 23.5 Å². The van der Waals surface area contributed by atoms with Crippen LogP contribution in [0.25, 0.3) is 10.3 Å². The van der Waals surface area contributed by atoms with E-state index in [1.54, 1.807) is 0 Å². The van der Waals surface area contributed by atoms with Crippen LogP contribution >= 0.6 is 22.9 Å². The number of nitrogens with zero attached hydrogens (tertiary/aromatic N) is 4. The minimum atomic E-state index is -5.01. The lowest BCUT2D eigenvalue weighted by Crippen LogP contribution is -2.50. The van der Waals surface area contributed by atoms with Crippen LogP contribution < -0.4 is 9.80 Å². The highest BCUT2D eigenvalue weighted by atomic mass is 35.5. The Kier molecular flexibility index (Phi) is 5.03. The summed E-state index contributed by atoms with van der Waals surface area (Å²) >= 11 is 6.26. The van der Waals surface area contributed by atoms with Crippen molar-refractivity contribution in [2.75, 3.05) is 16.8 Å². The fraction of sp³-hybridized carbons (Fsp3) is 0.263. The Morgan fingerprint density at radius 2 is 1.97 bits per heavy atom. The average Bonchev–Trinajstić information content (AvgIpc) is 3.33. The zero-order valence-electron chi connectivity index (χ0n) is 19.2. The Hall–Kier alpha value is -2.94. The standard InChI is InChI=1S/C19H12ClF5N4O4S/c1-28(10-3-7(20)8(21)4-9(10)22)17(32)13-14(30)15(31)18(33)29(13)11-2-6(19(23,24)25)12-16(27-11)34-5-26-12/h2-5,13-15,30-31H,1H3/i1D3. The first-order valence-electron chi connectivity index (χ1n) is 10.5. The number of amides is 2. The van der Waals surface area contributed by atoms with Gasteiger partial charge in [0.25, 0.3) is 11.8 Å². The third-order valence-electron chi connectivity index (χ3n) is 4.97. The molecule has 15 heteroatoms. The molecule has 1 fully saturated rings. The molecular formula is C19H12ClF5N4O4S. The van der Waals surface area contributed by atoms with Crippen LogP contribution in [0.5, 0.6) is 0 Å². The first-order chi connectivity index (χ1) is 17.0. The van der Waals surface area contributed by atoms with Crippen molar-refractivity contribution in [2.45, 2.75) is 24.4 Å². The van der Waals surface area contributed by atoms with Crippen LogP contribution in [0.15, 0.2) is 23.7 Å². The van der Waals surface area contributed by atoms with E-state index in [4.69, 9.17) is 15.7 Å². The highest BCUT2D eigenvalue weighted by molar-refractivity contribution is 7.16. The molecule has 34 heavy (non-hydrogen) atoms. The Morgan fingerprint density at radius 1 is 1.26 bits per heavy atom. The van der Waals surface area contributed by atoms with E-state index >= 15 is 0 Å². The number of aliphatic hydroxyl groups is 2. The number of carbonyl (C=O) groups excluding carboxylic acids is 2. The first-order valence-corrected chi connectivity index (χ1v) is 10.3. The molecule has 4 rings (SSSR count). The predicted molar refractivity (Wildman–Crippen MR) is 110 cm³/mol. The number of pyridine rings is 1. The molecule has 1 aromatic carbocycles. The van der Waals surface area contributed by atoms with Gasteiger partial charge in [0.05, 0.1) is 21.8 Å². The van der Waals surface area contributed by atoms with Gasteiger partial charge in [0.2, 0.25) is 0 Å². The Labute approximate surface area is 200 Å². The van der Waals surface area contributed by atoms with Gasteiger partial charge in [-0.15, -0.1) is 11.3 Å². The summed E-state index contributed by atoms with van der Waals surface area (Å²) in [5.41, 5.74) is -2.00. The number of rotatable bonds is 3. The number of thiazole rings is 1. The molecule has 3 heterocycles. The molecule has 2 amide bonds. The van der Waals surface area contributed by atoms with Gasteiger partial charge in [-0.1, -0.05) is 11.6 Å². The molecule has 2 aromatic heterocycles. The maximum absolute atomic E-state index is 14.6. The Balaban J connectivity index is 1.90. The topological polar surface area (TPSA) is 107 Å². The maximum atomic E-state index is 14.6. The Bertz CT molecular complexity index is 1420. The molecule has 180 valence electrons. The second-order valence-corrected chi connectivity index (χ2v) is 8.25. The van der Waals surface area contributed by atoms with E-state index < -0.39 is 82.5 Å². The third kappa shape index (κ3) is 3.85. The lowest BCUT2D eigenvalue weighted by Gasteiger charge is -2.29. The van der Waals surface area contributed by atoms with E-state index in [0.717, 1.165) is 5.51 Å². The molecule has 3 aromatic rings. The highest BCUT2D eigenvalue weighted by Crippen LogP contribution is 2.39. The molecular weight excluding hydrogens is 511 g/mol. The van der Waals surface area contributed by atoms with Crippen LogP contribution in [-0.2, 0) is 15.8 Å².